The summed E-state index contributed by atoms with van der Waals surface area (Å²) in [4.78, 5) is 23.3. The summed E-state index contributed by atoms with van der Waals surface area (Å²) in [7, 11) is 1.52. The summed E-state index contributed by atoms with van der Waals surface area (Å²) in [6, 6.07) is 7.74. The first-order chi connectivity index (χ1) is 16.0. The van der Waals surface area contributed by atoms with E-state index in [2.05, 4.69) is 25.5 Å². The predicted octanol–water partition coefficient (Wildman–Crippen LogP) is 4.00. The average Bonchev–Trinajstić information content (AvgIpc) is 2.82. The molecule has 2 heterocycles. The molecule has 2 aromatic carbocycles. The average molecular weight is 472 g/mol. The molecule has 1 fully saturated rings. The highest BCUT2D eigenvalue weighted by atomic mass is 35.5. The number of morpholine rings is 1. The van der Waals surface area contributed by atoms with Gasteiger partial charge in [-0.15, -0.1) is 0 Å². The number of ether oxygens (including phenoxy) is 2. The second-order valence-corrected chi connectivity index (χ2v) is 7.76. The fraction of sp³-hybridized carbons (Fsp3) is 0.261. The number of aromatic nitrogens is 2. The third kappa shape index (κ3) is 5.75. The van der Waals surface area contributed by atoms with Gasteiger partial charge in [0.15, 0.2) is 0 Å². The summed E-state index contributed by atoms with van der Waals surface area (Å²) < 4.78 is 24.3. The second-order valence-electron chi connectivity index (χ2n) is 7.35. The van der Waals surface area contributed by atoms with Crippen LogP contribution in [-0.2, 0) is 9.53 Å². The van der Waals surface area contributed by atoms with Crippen LogP contribution in [0, 0.1) is 5.82 Å². The third-order valence-corrected chi connectivity index (χ3v) is 5.42. The van der Waals surface area contributed by atoms with Crippen molar-refractivity contribution in [3.8, 4) is 5.75 Å². The molecular formula is C23H23ClFN5O3. The fourth-order valence-electron chi connectivity index (χ4n) is 3.43. The van der Waals surface area contributed by atoms with E-state index < -0.39 is 5.82 Å². The number of rotatable bonds is 7. The summed E-state index contributed by atoms with van der Waals surface area (Å²) in [6.45, 7) is 3.78. The van der Waals surface area contributed by atoms with E-state index in [0.29, 0.717) is 53.6 Å². The maximum absolute atomic E-state index is 13.5. The topological polar surface area (TPSA) is 88.6 Å². The zero-order valence-corrected chi connectivity index (χ0v) is 18.7. The Morgan fingerprint density at radius 3 is 2.85 bits per heavy atom. The normalized spacial score (nSPS) is 14.5. The molecule has 0 bridgehead atoms. The van der Waals surface area contributed by atoms with Gasteiger partial charge in [-0.25, -0.2) is 14.4 Å². The Hall–Kier alpha value is -3.27. The first-order valence-corrected chi connectivity index (χ1v) is 10.7. The summed E-state index contributed by atoms with van der Waals surface area (Å²) in [5.41, 5.74) is 1.65. The van der Waals surface area contributed by atoms with Gasteiger partial charge in [0.2, 0.25) is 5.91 Å². The van der Waals surface area contributed by atoms with E-state index in [9.17, 15) is 9.18 Å². The molecule has 2 N–H and O–H groups in total. The number of hydrogen-bond donors (Lipinski definition) is 2. The van der Waals surface area contributed by atoms with Crippen molar-refractivity contribution < 1.29 is 18.7 Å². The molecule has 0 atom stereocenters. The lowest BCUT2D eigenvalue weighted by Gasteiger charge is -2.25. The zero-order valence-electron chi connectivity index (χ0n) is 18.0. The minimum Gasteiger partial charge on any atom is -0.494 e. The van der Waals surface area contributed by atoms with Crippen molar-refractivity contribution in [3.63, 3.8) is 0 Å². The van der Waals surface area contributed by atoms with Crippen LogP contribution in [-0.4, -0.2) is 60.7 Å². The molecule has 0 radical (unpaired) electrons. The molecule has 33 heavy (non-hydrogen) atoms. The van der Waals surface area contributed by atoms with Crippen molar-refractivity contribution in [2.75, 3.05) is 50.6 Å². The van der Waals surface area contributed by atoms with Gasteiger partial charge in [-0.2, -0.15) is 0 Å². The van der Waals surface area contributed by atoms with Gasteiger partial charge < -0.3 is 20.1 Å². The van der Waals surface area contributed by atoms with E-state index >= 15 is 0 Å². The van der Waals surface area contributed by atoms with Crippen LogP contribution < -0.4 is 15.4 Å². The summed E-state index contributed by atoms with van der Waals surface area (Å²) in [5, 5.41) is 6.61. The molecule has 0 saturated carbocycles. The van der Waals surface area contributed by atoms with Crippen molar-refractivity contribution in [2.24, 2.45) is 0 Å². The highest BCUT2D eigenvalue weighted by Crippen LogP contribution is 2.33. The van der Waals surface area contributed by atoms with Gasteiger partial charge in [0, 0.05) is 42.9 Å². The van der Waals surface area contributed by atoms with E-state index in [1.807, 2.05) is 6.08 Å². The standard InChI is InChI=1S/C23H23ClFN5O3/c1-32-21-13-19-16(23(27-14-26-19)28-15-4-5-18(25)17(24)11-15)12-20(21)29-22(31)3-2-6-30-7-9-33-10-8-30/h2-5,11-14H,6-10H2,1H3,(H,29,31)(H,26,27,28). The molecule has 1 aromatic heterocycles. The van der Waals surface area contributed by atoms with E-state index in [-0.39, 0.29) is 10.9 Å². The van der Waals surface area contributed by atoms with Gasteiger partial charge in [0.1, 0.15) is 23.7 Å². The lowest BCUT2D eigenvalue weighted by molar-refractivity contribution is -0.111. The molecule has 0 aliphatic carbocycles. The second kappa shape index (κ2) is 10.6. The molecule has 8 nitrogen and oxygen atoms in total. The number of methoxy groups -OCH3 is 1. The van der Waals surface area contributed by atoms with Gasteiger partial charge >= 0.3 is 0 Å². The van der Waals surface area contributed by atoms with E-state index in [4.69, 9.17) is 21.1 Å². The van der Waals surface area contributed by atoms with Crippen LogP contribution in [0.3, 0.4) is 0 Å². The monoisotopic (exact) mass is 471 g/mol. The molecule has 0 unspecified atom stereocenters. The molecule has 1 aliphatic heterocycles. The largest absolute Gasteiger partial charge is 0.494 e. The van der Waals surface area contributed by atoms with Gasteiger partial charge in [-0.3, -0.25) is 9.69 Å². The van der Waals surface area contributed by atoms with Crippen LogP contribution in [0.4, 0.5) is 21.6 Å². The SMILES string of the molecule is COc1cc2ncnc(Nc3ccc(F)c(Cl)c3)c2cc1NC(=O)C=CCN1CCOCC1. The molecule has 172 valence electrons. The number of halogens is 2. The van der Waals surface area contributed by atoms with E-state index in [0.717, 1.165) is 13.1 Å². The van der Waals surface area contributed by atoms with Gasteiger partial charge in [0.05, 0.1) is 36.6 Å². The highest BCUT2D eigenvalue weighted by Gasteiger charge is 2.13. The Kier molecular flexibility index (Phi) is 7.33. The van der Waals surface area contributed by atoms with E-state index in [1.54, 1.807) is 18.2 Å². The Morgan fingerprint density at radius 2 is 2.09 bits per heavy atom. The number of amides is 1. The maximum atomic E-state index is 13.5. The lowest BCUT2D eigenvalue weighted by atomic mass is 10.1. The number of anilines is 3. The number of nitrogens with zero attached hydrogens (tertiary/aromatic N) is 3. The Balaban J connectivity index is 1.55. The summed E-state index contributed by atoms with van der Waals surface area (Å²) >= 11 is 5.88. The molecule has 1 saturated heterocycles. The molecule has 3 aromatic rings. The zero-order chi connectivity index (χ0) is 23.2. The van der Waals surface area contributed by atoms with Crippen LogP contribution in [0.25, 0.3) is 10.9 Å². The molecule has 0 spiro atoms. The van der Waals surface area contributed by atoms with Crippen LogP contribution in [0.5, 0.6) is 5.75 Å². The molecule has 4 rings (SSSR count). The Bertz CT molecular complexity index is 1180. The van der Waals surface area contributed by atoms with Crippen LogP contribution in [0.2, 0.25) is 5.02 Å². The quantitative estimate of drug-likeness (QED) is 0.503. The van der Waals surface area contributed by atoms with Crippen molar-refractivity contribution in [1.29, 1.82) is 0 Å². The Labute approximate surface area is 195 Å². The number of hydrogen-bond acceptors (Lipinski definition) is 7. The van der Waals surface area contributed by atoms with Crippen molar-refractivity contribution in [1.82, 2.24) is 14.9 Å². The van der Waals surface area contributed by atoms with Gasteiger partial charge in [0.25, 0.3) is 0 Å². The van der Waals surface area contributed by atoms with Crippen molar-refractivity contribution in [3.05, 3.63) is 59.7 Å². The highest BCUT2D eigenvalue weighted by molar-refractivity contribution is 6.31. The summed E-state index contributed by atoms with van der Waals surface area (Å²) in [5.74, 6) is 0.152. The maximum Gasteiger partial charge on any atom is 0.248 e. The van der Waals surface area contributed by atoms with Gasteiger partial charge in [-0.1, -0.05) is 17.7 Å². The lowest BCUT2D eigenvalue weighted by Crippen LogP contribution is -2.36. The predicted molar refractivity (Wildman–Crippen MR) is 126 cm³/mol. The van der Waals surface area contributed by atoms with Crippen LogP contribution in [0.1, 0.15) is 0 Å². The number of fused-ring (bicyclic) bond motifs is 1. The Morgan fingerprint density at radius 1 is 1.27 bits per heavy atom. The number of carbonyl (C=O) groups excluding carboxylic acids is 1. The third-order valence-electron chi connectivity index (χ3n) is 5.13. The molecule has 10 heteroatoms. The molecular weight excluding hydrogens is 449 g/mol. The fourth-order valence-corrected chi connectivity index (χ4v) is 3.61. The van der Waals surface area contributed by atoms with Crippen molar-refractivity contribution in [2.45, 2.75) is 0 Å². The first kappa shape index (κ1) is 22.9. The molecule has 1 aliphatic rings. The molecule has 1 amide bonds. The van der Waals surface area contributed by atoms with Gasteiger partial charge in [-0.05, 0) is 24.3 Å². The first-order valence-electron chi connectivity index (χ1n) is 10.4. The number of nitrogens with one attached hydrogen (secondary N) is 2. The van der Waals surface area contributed by atoms with Crippen LogP contribution >= 0.6 is 11.6 Å². The van der Waals surface area contributed by atoms with Crippen molar-refractivity contribution >= 4 is 45.6 Å². The van der Waals surface area contributed by atoms with E-state index in [1.165, 1.54) is 31.6 Å². The number of carbonyl (C=O) groups is 1. The minimum absolute atomic E-state index is 0.00292. The van der Waals surface area contributed by atoms with Crippen LogP contribution in [0.15, 0.2) is 48.8 Å². The number of benzene rings is 2. The smallest absolute Gasteiger partial charge is 0.248 e. The minimum atomic E-state index is -0.508. The summed E-state index contributed by atoms with van der Waals surface area (Å²) in [6.07, 6.45) is 4.73.